The van der Waals surface area contributed by atoms with Gasteiger partial charge < -0.3 is 10.1 Å². The van der Waals surface area contributed by atoms with Crippen LogP contribution in [0, 0.1) is 0 Å². The zero-order valence-electron chi connectivity index (χ0n) is 15.6. The lowest BCUT2D eigenvalue weighted by Crippen LogP contribution is -2.55. The van der Waals surface area contributed by atoms with Crippen molar-refractivity contribution in [2.24, 2.45) is 5.10 Å². The molecular formula is C23H15BrClN3O2. The topological polar surface area (TPSA) is 53.9 Å². The van der Waals surface area contributed by atoms with Crippen LogP contribution < -0.4 is 10.1 Å². The zero-order chi connectivity index (χ0) is 20.5. The van der Waals surface area contributed by atoms with Gasteiger partial charge in [-0.25, -0.2) is 5.01 Å². The Labute approximate surface area is 186 Å². The molecule has 0 fully saturated rings. The molecule has 1 N–H and O–H groups in total. The number of benzene rings is 3. The molecule has 3 aliphatic heterocycles. The summed E-state index contributed by atoms with van der Waals surface area (Å²) >= 11 is 9.84. The van der Waals surface area contributed by atoms with Crippen LogP contribution in [0.15, 0.2) is 76.3 Å². The molecule has 3 heterocycles. The minimum atomic E-state index is -1.37. The third kappa shape index (κ3) is 2.41. The minimum Gasteiger partial charge on any atom is -0.453 e. The largest absolute Gasteiger partial charge is 0.453 e. The fourth-order valence-electron chi connectivity index (χ4n) is 4.49. The normalized spacial score (nSPS) is 23.4. The Kier molecular flexibility index (Phi) is 3.80. The maximum absolute atomic E-state index is 13.4. The lowest BCUT2D eigenvalue weighted by atomic mass is 9.92. The first-order valence-corrected chi connectivity index (χ1v) is 10.8. The molecule has 2 unspecified atom stereocenters. The van der Waals surface area contributed by atoms with Crippen molar-refractivity contribution in [3.8, 4) is 5.75 Å². The van der Waals surface area contributed by atoms with E-state index in [1.54, 1.807) is 6.07 Å². The molecule has 148 valence electrons. The fraction of sp³-hybridized carbons (Fsp3) is 0.130. The highest BCUT2D eigenvalue weighted by atomic mass is 79.9. The van der Waals surface area contributed by atoms with Crippen LogP contribution in [0.5, 0.6) is 5.75 Å². The average Bonchev–Trinajstić information content (AvgIpc) is 3.31. The molecule has 1 amide bonds. The van der Waals surface area contributed by atoms with Crippen molar-refractivity contribution < 1.29 is 9.53 Å². The second-order valence-corrected chi connectivity index (χ2v) is 8.90. The van der Waals surface area contributed by atoms with Crippen LogP contribution in [0.1, 0.15) is 29.2 Å². The van der Waals surface area contributed by atoms with Crippen molar-refractivity contribution in [1.29, 1.82) is 0 Å². The predicted molar refractivity (Wildman–Crippen MR) is 119 cm³/mol. The van der Waals surface area contributed by atoms with Gasteiger partial charge in [-0.05, 0) is 42.0 Å². The molecule has 30 heavy (non-hydrogen) atoms. The number of fused-ring (bicyclic) bond motifs is 6. The van der Waals surface area contributed by atoms with Crippen LogP contribution in [0.4, 0.5) is 5.69 Å². The summed E-state index contributed by atoms with van der Waals surface area (Å²) in [6.45, 7) is 0. The number of anilines is 1. The Bertz CT molecular complexity index is 1250. The van der Waals surface area contributed by atoms with Gasteiger partial charge in [0.1, 0.15) is 5.75 Å². The van der Waals surface area contributed by atoms with Gasteiger partial charge in [0.25, 0.3) is 5.91 Å². The van der Waals surface area contributed by atoms with E-state index in [-0.39, 0.29) is 11.9 Å². The molecule has 0 aliphatic carbocycles. The fourth-order valence-corrected chi connectivity index (χ4v) is 5.03. The van der Waals surface area contributed by atoms with Crippen molar-refractivity contribution in [3.63, 3.8) is 0 Å². The van der Waals surface area contributed by atoms with Gasteiger partial charge in [-0.15, -0.1) is 0 Å². The monoisotopic (exact) mass is 479 g/mol. The molecule has 6 rings (SSSR count). The van der Waals surface area contributed by atoms with Gasteiger partial charge in [-0.1, -0.05) is 57.9 Å². The van der Waals surface area contributed by atoms with E-state index in [2.05, 4.69) is 21.2 Å². The summed E-state index contributed by atoms with van der Waals surface area (Å²) in [6, 6.07) is 21.1. The summed E-state index contributed by atoms with van der Waals surface area (Å²) < 4.78 is 7.32. The van der Waals surface area contributed by atoms with Crippen molar-refractivity contribution in [3.05, 3.63) is 92.9 Å². The Hall–Kier alpha value is -2.83. The average molecular weight is 481 g/mol. The van der Waals surface area contributed by atoms with Gasteiger partial charge >= 0.3 is 5.72 Å². The summed E-state index contributed by atoms with van der Waals surface area (Å²) in [7, 11) is 0. The van der Waals surface area contributed by atoms with Crippen LogP contribution >= 0.6 is 27.5 Å². The van der Waals surface area contributed by atoms with Crippen LogP contribution in [0.2, 0.25) is 5.02 Å². The second kappa shape index (κ2) is 6.33. The minimum absolute atomic E-state index is 0.168. The van der Waals surface area contributed by atoms with Crippen molar-refractivity contribution in [2.75, 3.05) is 5.32 Å². The van der Waals surface area contributed by atoms with E-state index in [0.717, 1.165) is 32.6 Å². The third-order valence-corrected chi connectivity index (χ3v) is 6.56. The van der Waals surface area contributed by atoms with Gasteiger partial charge in [0, 0.05) is 21.5 Å². The number of hydrogen-bond donors (Lipinski definition) is 1. The maximum atomic E-state index is 13.4. The highest BCUT2D eigenvalue weighted by molar-refractivity contribution is 9.10. The molecule has 2 atom stereocenters. The molecule has 0 aromatic heterocycles. The maximum Gasteiger partial charge on any atom is 0.306 e. The standard InChI is InChI=1S/C23H15BrClN3O2/c24-14-6-8-18-17(10-14)23(22(29)26-18)28-20(16-11-15(25)7-9-21(16)30-23)12-19(27-28)13-4-2-1-3-5-13/h1-11,20H,12H2,(H,26,29). The number of ether oxygens (including phenoxy) is 1. The molecule has 3 aliphatic rings. The molecule has 0 radical (unpaired) electrons. The van der Waals surface area contributed by atoms with Crippen molar-refractivity contribution >= 4 is 44.8 Å². The predicted octanol–water partition coefficient (Wildman–Crippen LogP) is 5.45. The first-order valence-electron chi connectivity index (χ1n) is 9.58. The van der Waals surface area contributed by atoms with Gasteiger partial charge in [0.2, 0.25) is 0 Å². The van der Waals surface area contributed by atoms with Crippen LogP contribution in [-0.2, 0) is 10.5 Å². The molecule has 5 nitrogen and oxygen atoms in total. The second-order valence-electron chi connectivity index (χ2n) is 7.55. The first kappa shape index (κ1) is 18.0. The van der Waals surface area contributed by atoms with E-state index in [4.69, 9.17) is 21.4 Å². The van der Waals surface area contributed by atoms with Gasteiger partial charge in [-0.3, -0.25) is 4.79 Å². The molecule has 3 aromatic rings. The van der Waals surface area contributed by atoms with Crippen molar-refractivity contribution in [2.45, 2.75) is 18.2 Å². The van der Waals surface area contributed by atoms with Gasteiger partial charge in [0.05, 0.1) is 23.0 Å². The van der Waals surface area contributed by atoms with Crippen LogP contribution in [-0.4, -0.2) is 16.6 Å². The quantitative estimate of drug-likeness (QED) is 0.504. The van der Waals surface area contributed by atoms with Crippen LogP contribution in [0.25, 0.3) is 0 Å². The Balaban J connectivity index is 1.60. The highest BCUT2D eigenvalue weighted by Gasteiger charge is 2.61. The summed E-state index contributed by atoms with van der Waals surface area (Å²) in [5.41, 5.74) is 2.96. The number of hydrazone groups is 1. The summed E-state index contributed by atoms with van der Waals surface area (Å²) in [5.74, 6) is 0.396. The van der Waals surface area contributed by atoms with Gasteiger partial charge in [0.15, 0.2) is 0 Å². The van der Waals surface area contributed by atoms with E-state index >= 15 is 0 Å². The Morgan fingerprint density at radius 2 is 1.97 bits per heavy atom. The van der Waals surface area contributed by atoms with Crippen LogP contribution in [0.3, 0.4) is 0 Å². The number of halogens is 2. The van der Waals surface area contributed by atoms with E-state index in [1.165, 1.54) is 0 Å². The molecule has 0 bridgehead atoms. The summed E-state index contributed by atoms with van der Waals surface area (Å²) in [5, 5.41) is 10.3. The molecule has 1 spiro atoms. The van der Waals surface area contributed by atoms with E-state index < -0.39 is 5.72 Å². The summed E-state index contributed by atoms with van der Waals surface area (Å²) in [4.78, 5) is 13.4. The lowest BCUT2D eigenvalue weighted by molar-refractivity contribution is -0.161. The number of rotatable bonds is 1. The van der Waals surface area contributed by atoms with Gasteiger partial charge in [-0.2, -0.15) is 5.10 Å². The van der Waals surface area contributed by atoms with Crippen molar-refractivity contribution in [1.82, 2.24) is 5.01 Å². The number of nitrogens with zero attached hydrogens (tertiary/aromatic N) is 2. The number of nitrogens with one attached hydrogen (secondary N) is 1. The summed E-state index contributed by atoms with van der Waals surface area (Å²) in [6.07, 6.45) is 0.652. The number of hydrogen-bond acceptors (Lipinski definition) is 4. The molecule has 7 heteroatoms. The van der Waals surface area contributed by atoms with E-state index in [0.29, 0.717) is 17.2 Å². The molecular weight excluding hydrogens is 466 g/mol. The SMILES string of the molecule is O=C1Nc2ccc(Br)cc2C12Oc1ccc(Cl)cc1C1CC(c3ccccc3)=NN12. The Morgan fingerprint density at radius 1 is 1.13 bits per heavy atom. The third-order valence-electron chi connectivity index (χ3n) is 5.83. The van der Waals surface area contributed by atoms with E-state index in [9.17, 15) is 4.79 Å². The van der Waals surface area contributed by atoms with E-state index in [1.807, 2.05) is 65.7 Å². The number of carbonyl (C=O) groups is 1. The first-order chi connectivity index (χ1) is 14.6. The molecule has 0 saturated carbocycles. The number of carbonyl (C=O) groups excluding carboxylic acids is 1. The highest BCUT2D eigenvalue weighted by Crippen LogP contribution is 2.54. The Morgan fingerprint density at radius 3 is 2.80 bits per heavy atom. The smallest absolute Gasteiger partial charge is 0.306 e. The molecule has 3 aromatic carbocycles. The zero-order valence-corrected chi connectivity index (χ0v) is 17.9. The molecule has 0 saturated heterocycles. The lowest BCUT2D eigenvalue weighted by Gasteiger charge is -2.44. The number of amides is 1.